The first kappa shape index (κ1) is 18.2. The molecule has 26 heavy (non-hydrogen) atoms. The number of fused-ring (bicyclic) bond motifs is 1. The van der Waals surface area contributed by atoms with Crippen LogP contribution in [0.15, 0.2) is 54.7 Å². The Labute approximate surface area is 155 Å². The molecule has 0 aliphatic heterocycles. The average Bonchev–Trinajstić information content (AvgIpc) is 3.05. The molecule has 0 aliphatic carbocycles. The summed E-state index contributed by atoms with van der Waals surface area (Å²) in [5, 5.41) is 4.68. The minimum absolute atomic E-state index is 0.165. The number of aromatic amines is 1. The number of benzene rings is 2. The summed E-state index contributed by atoms with van der Waals surface area (Å²) in [6.45, 7) is 6.32. The Balaban J connectivity index is 1.46. The molecule has 1 amide bonds. The number of carbonyl (C=O) groups excluding carboxylic acids is 1. The number of hydrogen-bond donors (Lipinski definition) is 2. The van der Waals surface area contributed by atoms with Crippen LogP contribution >= 0.6 is 0 Å². The van der Waals surface area contributed by atoms with Crippen molar-refractivity contribution in [1.82, 2.24) is 10.3 Å². The predicted molar refractivity (Wildman–Crippen MR) is 109 cm³/mol. The van der Waals surface area contributed by atoms with Gasteiger partial charge in [0.25, 0.3) is 0 Å². The van der Waals surface area contributed by atoms with Crippen molar-refractivity contribution in [1.29, 1.82) is 0 Å². The molecule has 0 radical (unpaired) electrons. The molecule has 4 nitrogen and oxygen atoms in total. The quantitative estimate of drug-likeness (QED) is 0.603. The molecular weight excluding hydrogens is 322 g/mol. The summed E-state index contributed by atoms with van der Waals surface area (Å²) in [6, 6.07) is 16.5. The SMILES string of the molecule is CCN(C(=O)CCNCCc1c[nH]c2ccccc12)c1cccc(C)c1. The maximum Gasteiger partial charge on any atom is 0.228 e. The van der Waals surface area contributed by atoms with Gasteiger partial charge in [0.15, 0.2) is 0 Å². The number of H-pyrrole nitrogens is 1. The van der Waals surface area contributed by atoms with E-state index in [-0.39, 0.29) is 5.91 Å². The van der Waals surface area contributed by atoms with E-state index in [0.29, 0.717) is 19.5 Å². The van der Waals surface area contributed by atoms with Gasteiger partial charge < -0.3 is 15.2 Å². The van der Waals surface area contributed by atoms with Crippen LogP contribution in [0.4, 0.5) is 5.69 Å². The number of nitrogens with one attached hydrogen (secondary N) is 2. The molecular formula is C22H27N3O. The lowest BCUT2D eigenvalue weighted by Gasteiger charge is -2.21. The van der Waals surface area contributed by atoms with Crippen LogP contribution in [0, 0.1) is 6.92 Å². The minimum Gasteiger partial charge on any atom is -0.361 e. The lowest BCUT2D eigenvalue weighted by atomic mass is 10.1. The molecule has 3 aromatic rings. The third kappa shape index (κ3) is 4.33. The Morgan fingerprint density at radius 2 is 1.96 bits per heavy atom. The van der Waals surface area contributed by atoms with Crippen molar-refractivity contribution in [2.45, 2.75) is 26.7 Å². The van der Waals surface area contributed by atoms with Gasteiger partial charge in [-0.2, -0.15) is 0 Å². The van der Waals surface area contributed by atoms with Crippen molar-refractivity contribution in [3.05, 3.63) is 65.9 Å². The largest absolute Gasteiger partial charge is 0.361 e. The Morgan fingerprint density at radius 3 is 2.77 bits per heavy atom. The van der Waals surface area contributed by atoms with Gasteiger partial charge in [0.1, 0.15) is 0 Å². The molecule has 4 heteroatoms. The smallest absolute Gasteiger partial charge is 0.228 e. The molecule has 0 spiro atoms. The van der Waals surface area contributed by atoms with Gasteiger partial charge in [-0.05, 0) is 56.1 Å². The highest BCUT2D eigenvalue weighted by Gasteiger charge is 2.13. The molecule has 136 valence electrons. The van der Waals surface area contributed by atoms with E-state index in [1.165, 1.54) is 22.0 Å². The van der Waals surface area contributed by atoms with E-state index in [1.54, 1.807) is 0 Å². The summed E-state index contributed by atoms with van der Waals surface area (Å²) >= 11 is 0. The Morgan fingerprint density at radius 1 is 1.12 bits per heavy atom. The molecule has 0 bridgehead atoms. The van der Waals surface area contributed by atoms with E-state index in [2.05, 4.69) is 40.8 Å². The van der Waals surface area contributed by atoms with Crippen LogP contribution < -0.4 is 10.2 Å². The van der Waals surface area contributed by atoms with Crippen LogP contribution in [0.25, 0.3) is 10.9 Å². The summed E-state index contributed by atoms with van der Waals surface area (Å²) in [7, 11) is 0. The van der Waals surface area contributed by atoms with Crippen LogP contribution in [-0.4, -0.2) is 30.5 Å². The van der Waals surface area contributed by atoms with Crippen LogP contribution in [0.5, 0.6) is 0 Å². The molecule has 1 heterocycles. The lowest BCUT2D eigenvalue weighted by Crippen LogP contribution is -2.33. The van der Waals surface area contributed by atoms with Gasteiger partial charge in [0.05, 0.1) is 0 Å². The minimum atomic E-state index is 0.165. The van der Waals surface area contributed by atoms with Gasteiger partial charge in [-0.1, -0.05) is 30.3 Å². The predicted octanol–water partition coefficient (Wildman–Crippen LogP) is 4.05. The third-order valence-electron chi connectivity index (χ3n) is 4.69. The Kier molecular flexibility index (Phi) is 6.08. The second-order valence-electron chi connectivity index (χ2n) is 6.59. The van der Waals surface area contributed by atoms with Crippen LogP contribution in [-0.2, 0) is 11.2 Å². The standard InChI is InChI=1S/C22H27N3O/c1-3-25(19-8-6-7-17(2)15-19)22(26)12-14-23-13-11-18-16-24-21-10-5-4-9-20(18)21/h4-10,15-16,23-24H,3,11-14H2,1-2H3. The number of anilines is 1. The highest BCUT2D eigenvalue weighted by atomic mass is 16.2. The lowest BCUT2D eigenvalue weighted by molar-refractivity contribution is -0.118. The zero-order valence-electron chi connectivity index (χ0n) is 15.6. The number of nitrogens with zero attached hydrogens (tertiary/aromatic N) is 1. The summed E-state index contributed by atoms with van der Waals surface area (Å²) < 4.78 is 0. The van der Waals surface area contributed by atoms with E-state index < -0.39 is 0 Å². The second kappa shape index (κ2) is 8.68. The van der Waals surface area contributed by atoms with E-state index in [0.717, 1.165) is 18.7 Å². The summed E-state index contributed by atoms with van der Waals surface area (Å²) in [5.41, 5.74) is 4.64. The van der Waals surface area contributed by atoms with Crippen molar-refractivity contribution in [3.63, 3.8) is 0 Å². The van der Waals surface area contributed by atoms with Crippen molar-refractivity contribution in [2.24, 2.45) is 0 Å². The van der Waals surface area contributed by atoms with E-state index in [1.807, 2.05) is 43.0 Å². The van der Waals surface area contributed by atoms with Crippen molar-refractivity contribution < 1.29 is 4.79 Å². The maximum atomic E-state index is 12.5. The van der Waals surface area contributed by atoms with Crippen molar-refractivity contribution in [3.8, 4) is 0 Å². The summed E-state index contributed by atoms with van der Waals surface area (Å²) in [4.78, 5) is 17.7. The Hall–Kier alpha value is -2.59. The Bertz CT molecular complexity index is 868. The molecule has 3 rings (SSSR count). The molecule has 1 aromatic heterocycles. The number of hydrogen-bond acceptors (Lipinski definition) is 2. The highest BCUT2D eigenvalue weighted by molar-refractivity contribution is 5.93. The van der Waals surface area contributed by atoms with Gasteiger partial charge in [0.2, 0.25) is 5.91 Å². The fourth-order valence-corrected chi connectivity index (χ4v) is 3.32. The van der Waals surface area contributed by atoms with Crippen LogP contribution in [0.1, 0.15) is 24.5 Å². The van der Waals surface area contributed by atoms with Gasteiger partial charge in [-0.25, -0.2) is 0 Å². The van der Waals surface area contributed by atoms with Crippen molar-refractivity contribution >= 4 is 22.5 Å². The van der Waals surface area contributed by atoms with Crippen LogP contribution in [0.2, 0.25) is 0 Å². The molecule has 0 aliphatic rings. The molecule has 0 unspecified atom stereocenters. The first-order valence-electron chi connectivity index (χ1n) is 9.31. The van der Waals surface area contributed by atoms with E-state index in [9.17, 15) is 4.79 Å². The molecule has 2 N–H and O–H groups in total. The maximum absolute atomic E-state index is 12.5. The van der Waals surface area contributed by atoms with Gasteiger partial charge in [-0.3, -0.25) is 4.79 Å². The molecule has 0 fully saturated rings. The normalized spacial score (nSPS) is 11.0. The van der Waals surface area contributed by atoms with Crippen LogP contribution in [0.3, 0.4) is 0 Å². The molecule has 0 atom stereocenters. The monoisotopic (exact) mass is 349 g/mol. The molecule has 2 aromatic carbocycles. The summed E-state index contributed by atoms with van der Waals surface area (Å²) in [5.74, 6) is 0.165. The average molecular weight is 349 g/mol. The number of rotatable bonds is 8. The topological polar surface area (TPSA) is 48.1 Å². The summed E-state index contributed by atoms with van der Waals surface area (Å²) in [6.07, 6.45) is 3.54. The fraction of sp³-hybridized carbons (Fsp3) is 0.318. The number of carbonyl (C=O) groups is 1. The highest BCUT2D eigenvalue weighted by Crippen LogP contribution is 2.18. The first-order valence-corrected chi connectivity index (χ1v) is 9.31. The van der Waals surface area contributed by atoms with Gasteiger partial charge in [-0.15, -0.1) is 0 Å². The van der Waals surface area contributed by atoms with Gasteiger partial charge in [0, 0.05) is 42.3 Å². The first-order chi connectivity index (χ1) is 12.7. The molecule has 0 saturated carbocycles. The number of aryl methyl sites for hydroxylation is 1. The van der Waals surface area contributed by atoms with E-state index in [4.69, 9.17) is 0 Å². The zero-order chi connectivity index (χ0) is 18.4. The third-order valence-corrected chi connectivity index (χ3v) is 4.69. The van der Waals surface area contributed by atoms with Gasteiger partial charge >= 0.3 is 0 Å². The zero-order valence-corrected chi connectivity index (χ0v) is 15.6. The number of amides is 1. The molecule has 0 saturated heterocycles. The number of para-hydroxylation sites is 1. The number of aromatic nitrogens is 1. The fourth-order valence-electron chi connectivity index (χ4n) is 3.32. The second-order valence-corrected chi connectivity index (χ2v) is 6.59. The van der Waals surface area contributed by atoms with Crippen molar-refractivity contribution in [2.75, 3.05) is 24.5 Å². The van der Waals surface area contributed by atoms with E-state index >= 15 is 0 Å².